The summed E-state index contributed by atoms with van der Waals surface area (Å²) in [5.41, 5.74) is 0.687. The third-order valence-electron chi connectivity index (χ3n) is 5.19. The minimum absolute atomic E-state index is 0.155. The molecular weight excluding hydrogens is 305 g/mol. The van der Waals surface area contributed by atoms with Gasteiger partial charge in [-0.1, -0.05) is 31.4 Å². The molecule has 0 bridgehead atoms. The molecule has 5 heteroatoms. The van der Waals surface area contributed by atoms with E-state index in [0.29, 0.717) is 18.2 Å². The Morgan fingerprint density at radius 3 is 2.50 bits per heavy atom. The number of hydrogen-bond acceptors (Lipinski definition) is 3. The van der Waals surface area contributed by atoms with Crippen molar-refractivity contribution in [1.82, 2.24) is 10.2 Å². The normalized spacial score (nSPS) is 20.1. The summed E-state index contributed by atoms with van der Waals surface area (Å²) >= 11 is 0. The molecule has 0 unspecified atom stereocenters. The summed E-state index contributed by atoms with van der Waals surface area (Å²) < 4.78 is 13.8. The fourth-order valence-electron chi connectivity index (χ4n) is 3.73. The summed E-state index contributed by atoms with van der Waals surface area (Å²) in [6.07, 6.45) is 6.61. The maximum atomic E-state index is 13.8. The number of benzene rings is 1. The lowest BCUT2D eigenvalue weighted by atomic mass is 9.95. The van der Waals surface area contributed by atoms with Crippen LogP contribution >= 0.6 is 0 Å². The van der Waals surface area contributed by atoms with Crippen molar-refractivity contribution in [1.29, 1.82) is 0 Å². The minimum Gasteiger partial charge on any atom is -0.367 e. The molecule has 1 saturated heterocycles. The number of carbonyl (C=O) groups is 1. The molecule has 1 heterocycles. The van der Waals surface area contributed by atoms with E-state index in [2.05, 4.69) is 15.1 Å². The maximum Gasteiger partial charge on any atom is 0.221 e. The van der Waals surface area contributed by atoms with Crippen molar-refractivity contribution in [2.24, 2.45) is 0 Å². The van der Waals surface area contributed by atoms with Crippen LogP contribution in [0.5, 0.6) is 0 Å². The molecule has 3 rings (SSSR count). The van der Waals surface area contributed by atoms with Crippen molar-refractivity contribution in [3.63, 3.8) is 0 Å². The van der Waals surface area contributed by atoms with Gasteiger partial charge in [0.25, 0.3) is 0 Å². The summed E-state index contributed by atoms with van der Waals surface area (Å²) in [7, 11) is 0. The average Bonchev–Trinajstić information content (AvgIpc) is 2.62. The Hall–Kier alpha value is -1.62. The van der Waals surface area contributed by atoms with Crippen LogP contribution in [0.4, 0.5) is 10.1 Å². The van der Waals surface area contributed by atoms with Crippen molar-refractivity contribution >= 4 is 11.6 Å². The zero-order valence-corrected chi connectivity index (χ0v) is 14.3. The maximum absolute atomic E-state index is 13.8. The molecule has 0 atom stereocenters. The second-order valence-electron chi connectivity index (χ2n) is 6.93. The van der Waals surface area contributed by atoms with E-state index in [0.717, 1.165) is 45.6 Å². The smallest absolute Gasteiger partial charge is 0.221 e. The van der Waals surface area contributed by atoms with E-state index in [1.165, 1.54) is 25.3 Å². The van der Waals surface area contributed by atoms with Crippen molar-refractivity contribution in [2.45, 2.75) is 44.6 Å². The van der Waals surface area contributed by atoms with Crippen LogP contribution in [0.2, 0.25) is 0 Å². The van der Waals surface area contributed by atoms with Crippen LogP contribution in [0.1, 0.15) is 38.5 Å². The highest BCUT2D eigenvalue weighted by Gasteiger charge is 2.20. The number of rotatable bonds is 5. The summed E-state index contributed by atoms with van der Waals surface area (Å²) in [6.45, 7) is 4.18. The Kier molecular flexibility index (Phi) is 6.07. The zero-order valence-electron chi connectivity index (χ0n) is 14.3. The fourth-order valence-corrected chi connectivity index (χ4v) is 3.73. The van der Waals surface area contributed by atoms with E-state index in [9.17, 15) is 9.18 Å². The van der Waals surface area contributed by atoms with Gasteiger partial charge in [-0.2, -0.15) is 0 Å². The molecule has 0 radical (unpaired) electrons. The van der Waals surface area contributed by atoms with Gasteiger partial charge in [0.15, 0.2) is 0 Å². The number of piperazine rings is 1. The predicted octanol–water partition coefficient (Wildman–Crippen LogP) is 2.79. The molecule has 132 valence electrons. The van der Waals surface area contributed by atoms with Crippen LogP contribution in [0, 0.1) is 5.82 Å². The molecule has 4 nitrogen and oxygen atoms in total. The molecule has 24 heavy (non-hydrogen) atoms. The van der Waals surface area contributed by atoms with Crippen LogP contribution in [-0.4, -0.2) is 49.6 Å². The van der Waals surface area contributed by atoms with Gasteiger partial charge in [-0.3, -0.25) is 9.69 Å². The van der Waals surface area contributed by atoms with Gasteiger partial charge in [-0.25, -0.2) is 4.39 Å². The highest BCUT2D eigenvalue weighted by atomic mass is 19.1. The van der Waals surface area contributed by atoms with Crippen LogP contribution < -0.4 is 10.2 Å². The zero-order chi connectivity index (χ0) is 16.8. The number of hydrogen-bond donors (Lipinski definition) is 1. The minimum atomic E-state index is -0.155. The number of amides is 1. The molecule has 1 saturated carbocycles. The third kappa shape index (κ3) is 4.69. The molecule has 1 amide bonds. The van der Waals surface area contributed by atoms with Crippen LogP contribution in [0.25, 0.3) is 0 Å². The van der Waals surface area contributed by atoms with Crippen LogP contribution in [0.15, 0.2) is 24.3 Å². The van der Waals surface area contributed by atoms with Gasteiger partial charge in [0.2, 0.25) is 5.91 Å². The molecule has 2 aliphatic rings. The number of para-hydroxylation sites is 1. The topological polar surface area (TPSA) is 35.6 Å². The largest absolute Gasteiger partial charge is 0.367 e. The van der Waals surface area contributed by atoms with Gasteiger partial charge >= 0.3 is 0 Å². The van der Waals surface area contributed by atoms with Crippen molar-refractivity contribution in [2.75, 3.05) is 37.6 Å². The Labute approximate surface area is 144 Å². The first-order valence-electron chi connectivity index (χ1n) is 9.23. The summed E-state index contributed by atoms with van der Waals surface area (Å²) in [4.78, 5) is 16.5. The van der Waals surface area contributed by atoms with Gasteiger partial charge in [0.05, 0.1) is 5.69 Å². The second kappa shape index (κ2) is 8.47. The Balaban J connectivity index is 1.38. The van der Waals surface area contributed by atoms with E-state index in [-0.39, 0.29) is 11.7 Å². The first kappa shape index (κ1) is 17.2. The molecule has 0 aromatic heterocycles. The average molecular weight is 333 g/mol. The van der Waals surface area contributed by atoms with Crippen LogP contribution in [0.3, 0.4) is 0 Å². The van der Waals surface area contributed by atoms with Crippen molar-refractivity contribution < 1.29 is 9.18 Å². The number of nitrogens with one attached hydrogen (secondary N) is 1. The highest BCUT2D eigenvalue weighted by Crippen LogP contribution is 2.20. The van der Waals surface area contributed by atoms with E-state index in [1.54, 1.807) is 6.07 Å². The highest BCUT2D eigenvalue weighted by molar-refractivity contribution is 5.76. The van der Waals surface area contributed by atoms with Crippen molar-refractivity contribution in [3.8, 4) is 0 Å². The lowest BCUT2D eigenvalue weighted by molar-refractivity contribution is -0.122. The standard InChI is InChI=1S/C19H28FN3O/c20-17-8-4-5-9-18(17)23-14-12-22(13-15-23)11-10-19(24)21-16-6-2-1-3-7-16/h4-5,8-9,16H,1-3,6-7,10-15H2,(H,21,24). The predicted molar refractivity (Wildman–Crippen MR) is 94.7 cm³/mol. The first-order valence-corrected chi connectivity index (χ1v) is 9.23. The summed E-state index contributed by atoms with van der Waals surface area (Å²) in [5.74, 6) is 0.0243. The summed E-state index contributed by atoms with van der Waals surface area (Å²) in [5, 5.41) is 3.17. The van der Waals surface area contributed by atoms with Crippen LogP contribution in [-0.2, 0) is 4.79 Å². The van der Waals surface area contributed by atoms with Crippen molar-refractivity contribution in [3.05, 3.63) is 30.1 Å². The van der Waals surface area contributed by atoms with Gasteiger partial charge in [0, 0.05) is 45.2 Å². The quantitative estimate of drug-likeness (QED) is 0.900. The molecule has 0 spiro atoms. The molecule has 1 aliphatic carbocycles. The number of carbonyl (C=O) groups excluding carboxylic acids is 1. The lowest BCUT2D eigenvalue weighted by Gasteiger charge is -2.36. The monoisotopic (exact) mass is 333 g/mol. The molecule has 1 N–H and O–H groups in total. The summed E-state index contributed by atoms with van der Waals surface area (Å²) in [6, 6.07) is 7.34. The second-order valence-corrected chi connectivity index (χ2v) is 6.93. The molecular formula is C19H28FN3O. The lowest BCUT2D eigenvalue weighted by Crippen LogP contribution is -2.47. The molecule has 1 aromatic carbocycles. The Bertz CT molecular complexity index is 537. The van der Waals surface area contributed by atoms with Gasteiger partial charge in [-0.15, -0.1) is 0 Å². The number of anilines is 1. The van der Waals surface area contributed by atoms with Gasteiger partial charge in [0.1, 0.15) is 5.82 Å². The molecule has 1 aliphatic heterocycles. The first-order chi connectivity index (χ1) is 11.7. The Morgan fingerprint density at radius 2 is 1.79 bits per heavy atom. The number of nitrogens with zero attached hydrogens (tertiary/aromatic N) is 2. The van der Waals surface area contributed by atoms with E-state index in [4.69, 9.17) is 0 Å². The van der Waals surface area contributed by atoms with E-state index in [1.807, 2.05) is 12.1 Å². The SMILES string of the molecule is O=C(CCN1CCN(c2ccccc2F)CC1)NC1CCCCC1. The molecule has 2 fully saturated rings. The van der Waals surface area contributed by atoms with E-state index >= 15 is 0 Å². The number of halogens is 1. The molecule has 1 aromatic rings. The fraction of sp³-hybridized carbons (Fsp3) is 0.632. The van der Waals surface area contributed by atoms with Gasteiger partial charge in [-0.05, 0) is 25.0 Å². The Morgan fingerprint density at radius 1 is 1.08 bits per heavy atom. The third-order valence-corrected chi connectivity index (χ3v) is 5.19. The van der Waals surface area contributed by atoms with E-state index < -0.39 is 0 Å². The van der Waals surface area contributed by atoms with Gasteiger partial charge < -0.3 is 10.2 Å².